The van der Waals surface area contributed by atoms with Crippen LogP contribution in [-0.2, 0) is 11.3 Å². The highest BCUT2D eigenvalue weighted by Gasteiger charge is 1.93. The van der Waals surface area contributed by atoms with Crippen molar-refractivity contribution in [2.75, 3.05) is 0 Å². The first kappa shape index (κ1) is 9.97. The number of aromatic nitrogens is 2. The van der Waals surface area contributed by atoms with Crippen molar-refractivity contribution < 1.29 is 9.90 Å². The maximum Gasteiger partial charge on any atom is 0.328 e. The molecule has 0 aromatic carbocycles. The molecule has 0 fully saturated rings. The topological polar surface area (TPSA) is 92.2 Å². The zero-order valence-electron chi connectivity index (χ0n) is 7.14. The van der Waals surface area contributed by atoms with Crippen LogP contribution >= 0.6 is 0 Å². The predicted octanol–water partition coefficient (Wildman–Crippen LogP) is -0.823. The Hall–Kier alpha value is -2.11. The second-order valence-electron chi connectivity index (χ2n) is 2.50. The van der Waals surface area contributed by atoms with Gasteiger partial charge in [0.05, 0.1) is 0 Å². The number of carboxylic acid groups (broad SMARTS) is 1. The predicted molar refractivity (Wildman–Crippen MR) is 48.1 cm³/mol. The average molecular weight is 196 g/mol. The van der Waals surface area contributed by atoms with Crippen LogP contribution < -0.4 is 11.2 Å². The Bertz CT molecular complexity index is 469. The number of allylic oxidation sites excluding steroid dienone is 1. The van der Waals surface area contributed by atoms with Crippen molar-refractivity contribution in [1.29, 1.82) is 0 Å². The number of aliphatic carboxylic acids is 1. The zero-order chi connectivity index (χ0) is 10.6. The molecule has 2 N–H and O–H groups in total. The van der Waals surface area contributed by atoms with Crippen LogP contribution in [0, 0.1) is 0 Å². The fourth-order valence-electron chi connectivity index (χ4n) is 0.855. The molecule has 0 aliphatic carbocycles. The fraction of sp³-hybridized carbons (Fsp3) is 0.125. The standard InChI is InChI=1S/C8H8N2O4/c11-6-3-5-10(8(14)9-6)4-1-2-7(12)13/h1-3,5H,4H2,(H,12,13)(H,9,11,14)/b2-1+. The van der Waals surface area contributed by atoms with Crippen LogP contribution in [0.25, 0.3) is 0 Å². The molecule has 1 heterocycles. The lowest BCUT2D eigenvalue weighted by Crippen LogP contribution is -2.28. The van der Waals surface area contributed by atoms with Crippen molar-refractivity contribution >= 4 is 5.97 Å². The molecule has 0 radical (unpaired) electrons. The average Bonchev–Trinajstić information content (AvgIpc) is 2.08. The van der Waals surface area contributed by atoms with Crippen molar-refractivity contribution in [3.8, 4) is 0 Å². The Balaban J connectivity index is 2.83. The summed E-state index contributed by atoms with van der Waals surface area (Å²) < 4.78 is 1.18. The van der Waals surface area contributed by atoms with E-state index in [-0.39, 0.29) is 6.54 Å². The molecule has 1 aromatic heterocycles. The lowest BCUT2D eigenvalue weighted by molar-refractivity contribution is -0.131. The van der Waals surface area contributed by atoms with Crippen molar-refractivity contribution in [2.24, 2.45) is 0 Å². The molecule has 0 amide bonds. The van der Waals surface area contributed by atoms with Crippen LogP contribution in [0.1, 0.15) is 0 Å². The minimum absolute atomic E-state index is 0.113. The van der Waals surface area contributed by atoms with Crippen molar-refractivity contribution in [2.45, 2.75) is 6.54 Å². The normalized spacial score (nSPS) is 10.6. The lowest BCUT2D eigenvalue weighted by atomic mass is 10.5. The second-order valence-corrected chi connectivity index (χ2v) is 2.50. The first-order valence-corrected chi connectivity index (χ1v) is 3.79. The Morgan fingerprint density at radius 1 is 1.57 bits per heavy atom. The number of nitrogens with one attached hydrogen (secondary N) is 1. The molecule has 0 aliphatic heterocycles. The minimum atomic E-state index is -1.08. The molecule has 0 atom stereocenters. The van der Waals surface area contributed by atoms with Gasteiger partial charge < -0.3 is 5.11 Å². The summed E-state index contributed by atoms with van der Waals surface area (Å²) in [7, 11) is 0. The summed E-state index contributed by atoms with van der Waals surface area (Å²) in [6, 6.07) is 1.19. The smallest absolute Gasteiger partial charge is 0.328 e. The Morgan fingerprint density at radius 3 is 2.86 bits per heavy atom. The van der Waals surface area contributed by atoms with Crippen molar-refractivity contribution in [1.82, 2.24) is 9.55 Å². The maximum absolute atomic E-state index is 11.0. The Morgan fingerprint density at radius 2 is 2.29 bits per heavy atom. The number of carboxylic acids is 1. The zero-order valence-corrected chi connectivity index (χ0v) is 7.14. The van der Waals surface area contributed by atoms with E-state index in [2.05, 4.69) is 0 Å². The van der Waals surface area contributed by atoms with Gasteiger partial charge in [-0.2, -0.15) is 0 Å². The molecule has 0 aliphatic rings. The molecule has 0 saturated heterocycles. The Labute approximate surface area is 78.1 Å². The molecule has 14 heavy (non-hydrogen) atoms. The minimum Gasteiger partial charge on any atom is -0.478 e. The third-order valence-electron chi connectivity index (χ3n) is 1.46. The van der Waals surface area contributed by atoms with Gasteiger partial charge in [0.1, 0.15) is 0 Å². The number of H-pyrrole nitrogens is 1. The molecule has 0 spiro atoms. The van der Waals surface area contributed by atoms with Gasteiger partial charge in [0.2, 0.25) is 0 Å². The highest BCUT2D eigenvalue weighted by atomic mass is 16.4. The summed E-state index contributed by atoms with van der Waals surface area (Å²) >= 11 is 0. The van der Waals surface area contributed by atoms with Gasteiger partial charge in [-0.1, -0.05) is 6.08 Å². The van der Waals surface area contributed by atoms with E-state index in [9.17, 15) is 14.4 Å². The van der Waals surface area contributed by atoms with E-state index in [0.717, 1.165) is 6.08 Å². The SMILES string of the molecule is O=C(O)/C=C/Cn1ccc(=O)[nH]c1=O. The monoisotopic (exact) mass is 196 g/mol. The fourth-order valence-corrected chi connectivity index (χ4v) is 0.855. The van der Waals surface area contributed by atoms with Crippen molar-refractivity contribution in [3.63, 3.8) is 0 Å². The summed E-state index contributed by atoms with van der Waals surface area (Å²) in [5, 5.41) is 8.27. The third-order valence-corrected chi connectivity index (χ3v) is 1.46. The van der Waals surface area contributed by atoms with E-state index < -0.39 is 17.2 Å². The first-order chi connectivity index (χ1) is 6.59. The van der Waals surface area contributed by atoms with Crippen LogP contribution in [0.3, 0.4) is 0 Å². The van der Waals surface area contributed by atoms with Gasteiger partial charge in [-0.15, -0.1) is 0 Å². The number of nitrogens with zero attached hydrogens (tertiary/aromatic N) is 1. The van der Waals surface area contributed by atoms with Crippen molar-refractivity contribution in [3.05, 3.63) is 45.3 Å². The van der Waals surface area contributed by atoms with Gasteiger partial charge in [-0.3, -0.25) is 14.3 Å². The van der Waals surface area contributed by atoms with Crippen LogP contribution in [-0.4, -0.2) is 20.6 Å². The van der Waals surface area contributed by atoms with Crippen LogP contribution in [0.2, 0.25) is 0 Å². The number of rotatable bonds is 3. The van der Waals surface area contributed by atoms with Crippen LogP contribution in [0.5, 0.6) is 0 Å². The van der Waals surface area contributed by atoms with E-state index in [0.29, 0.717) is 0 Å². The molecule has 0 saturated carbocycles. The number of hydrogen-bond acceptors (Lipinski definition) is 3. The molecular formula is C8H8N2O4. The van der Waals surface area contributed by atoms with Gasteiger partial charge in [0.15, 0.2) is 0 Å². The first-order valence-electron chi connectivity index (χ1n) is 3.79. The maximum atomic E-state index is 11.0. The molecular weight excluding hydrogens is 188 g/mol. The molecule has 1 aromatic rings. The number of hydrogen-bond donors (Lipinski definition) is 2. The lowest BCUT2D eigenvalue weighted by Gasteiger charge is -1.97. The summed E-state index contributed by atoms with van der Waals surface area (Å²) in [6.45, 7) is 0.113. The summed E-state index contributed by atoms with van der Waals surface area (Å²) in [4.78, 5) is 33.8. The summed E-state index contributed by atoms with van der Waals surface area (Å²) in [6.07, 6.45) is 3.53. The Kier molecular flexibility index (Phi) is 3.01. The second kappa shape index (κ2) is 4.22. The highest BCUT2D eigenvalue weighted by Crippen LogP contribution is 1.80. The summed E-state index contributed by atoms with van der Waals surface area (Å²) in [5.74, 6) is -1.08. The van der Waals surface area contributed by atoms with Crippen LogP contribution in [0.4, 0.5) is 0 Å². The summed E-state index contributed by atoms with van der Waals surface area (Å²) in [5.41, 5.74) is -1.04. The van der Waals surface area contributed by atoms with Gasteiger partial charge in [-0.25, -0.2) is 9.59 Å². The highest BCUT2D eigenvalue weighted by molar-refractivity contribution is 5.79. The largest absolute Gasteiger partial charge is 0.478 e. The van der Waals surface area contributed by atoms with Gasteiger partial charge in [-0.05, 0) is 0 Å². The number of aromatic amines is 1. The van der Waals surface area contributed by atoms with E-state index >= 15 is 0 Å². The van der Waals surface area contributed by atoms with E-state index in [1.54, 1.807) is 0 Å². The van der Waals surface area contributed by atoms with Gasteiger partial charge >= 0.3 is 11.7 Å². The van der Waals surface area contributed by atoms with Gasteiger partial charge in [0.25, 0.3) is 5.56 Å². The van der Waals surface area contributed by atoms with E-state index in [1.807, 2.05) is 4.98 Å². The third kappa shape index (κ3) is 2.74. The quantitative estimate of drug-likeness (QED) is 0.617. The molecule has 6 nitrogen and oxygen atoms in total. The van der Waals surface area contributed by atoms with Gasteiger partial charge in [0, 0.05) is 24.9 Å². The molecule has 0 bridgehead atoms. The number of carbonyl (C=O) groups is 1. The molecule has 74 valence electrons. The van der Waals surface area contributed by atoms with Crippen LogP contribution in [0.15, 0.2) is 34.0 Å². The van der Waals surface area contributed by atoms with E-state index in [4.69, 9.17) is 5.11 Å². The molecule has 0 unspecified atom stereocenters. The molecule has 6 heteroatoms. The molecule has 1 rings (SSSR count). The van der Waals surface area contributed by atoms with E-state index in [1.165, 1.54) is 22.9 Å².